The highest BCUT2D eigenvalue weighted by molar-refractivity contribution is 7.99. The minimum atomic E-state index is -0.810. The lowest BCUT2D eigenvalue weighted by molar-refractivity contribution is -0.133. The topological polar surface area (TPSA) is 68.0 Å². The molecule has 1 saturated carbocycles. The molecule has 0 amide bonds. The highest BCUT2D eigenvalue weighted by Crippen LogP contribution is 2.38. The predicted octanol–water partition coefficient (Wildman–Crippen LogP) is 2.86. The van der Waals surface area contributed by atoms with Gasteiger partial charge in [-0.2, -0.15) is 11.8 Å². The predicted molar refractivity (Wildman–Crippen MR) is 82.6 cm³/mol. The summed E-state index contributed by atoms with van der Waals surface area (Å²) in [5.74, 6) is 0.241. The van der Waals surface area contributed by atoms with Gasteiger partial charge in [0.15, 0.2) is 5.16 Å². The molecule has 2 atom stereocenters. The Morgan fingerprint density at radius 2 is 2.25 bits per heavy atom. The molecule has 1 fully saturated rings. The summed E-state index contributed by atoms with van der Waals surface area (Å²) in [5.41, 5.74) is 0. The van der Waals surface area contributed by atoms with Crippen LogP contribution in [0.25, 0.3) is 0 Å². The Morgan fingerprint density at radius 3 is 2.85 bits per heavy atom. The Bertz CT molecular complexity index is 464. The lowest BCUT2D eigenvalue weighted by Gasteiger charge is -2.17. The van der Waals surface area contributed by atoms with Crippen LogP contribution in [0.5, 0.6) is 0 Å². The van der Waals surface area contributed by atoms with Crippen LogP contribution < -0.4 is 0 Å². The van der Waals surface area contributed by atoms with E-state index in [9.17, 15) is 4.79 Å². The molecule has 0 aliphatic heterocycles. The van der Waals surface area contributed by atoms with Gasteiger partial charge in [-0.1, -0.05) is 18.7 Å². The van der Waals surface area contributed by atoms with Crippen molar-refractivity contribution in [2.45, 2.75) is 55.5 Å². The number of rotatable bonds is 7. The molecule has 1 aromatic heterocycles. The van der Waals surface area contributed by atoms with Gasteiger partial charge in [0.1, 0.15) is 5.82 Å². The van der Waals surface area contributed by atoms with E-state index in [-0.39, 0.29) is 5.75 Å². The molecule has 0 bridgehead atoms. The van der Waals surface area contributed by atoms with Crippen LogP contribution in [-0.4, -0.2) is 43.1 Å². The Kier molecular flexibility index (Phi) is 5.77. The number of hydrogen-bond donors (Lipinski definition) is 1. The summed E-state index contributed by atoms with van der Waals surface area (Å²) in [6.45, 7) is 2.13. The van der Waals surface area contributed by atoms with Gasteiger partial charge >= 0.3 is 5.97 Å². The Balaban J connectivity index is 2.18. The first-order valence-electron chi connectivity index (χ1n) is 6.96. The number of aryl methyl sites for hydroxylation is 1. The van der Waals surface area contributed by atoms with E-state index in [0.29, 0.717) is 11.3 Å². The van der Waals surface area contributed by atoms with E-state index in [1.807, 2.05) is 11.8 Å². The normalized spacial score (nSPS) is 22.3. The minimum absolute atomic E-state index is 0.0446. The van der Waals surface area contributed by atoms with Crippen molar-refractivity contribution in [1.29, 1.82) is 0 Å². The van der Waals surface area contributed by atoms with E-state index in [4.69, 9.17) is 5.11 Å². The minimum Gasteiger partial charge on any atom is -0.481 e. The standard InChI is InChI=1S/C13H21N3O2S2/c1-3-4-11-14-15-13(20-8-12(17)18)16(11)9-5-6-10(7-9)19-2/h9-10H,3-8H2,1-2H3,(H,17,18). The molecule has 112 valence electrons. The third-order valence-electron chi connectivity index (χ3n) is 3.59. The second-order valence-corrected chi connectivity index (χ2v) is 7.11. The van der Waals surface area contributed by atoms with Gasteiger partial charge in [-0.3, -0.25) is 4.79 Å². The molecule has 1 aliphatic rings. The number of aromatic nitrogens is 3. The van der Waals surface area contributed by atoms with Crippen molar-refractivity contribution in [3.63, 3.8) is 0 Å². The first-order chi connectivity index (χ1) is 9.65. The summed E-state index contributed by atoms with van der Waals surface area (Å²) < 4.78 is 2.20. The summed E-state index contributed by atoms with van der Waals surface area (Å²) in [5, 5.41) is 18.8. The second-order valence-electron chi connectivity index (χ2n) is 5.03. The lowest BCUT2D eigenvalue weighted by Crippen LogP contribution is -2.12. The average Bonchev–Trinajstić information content (AvgIpc) is 3.02. The van der Waals surface area contributed by atoms with Gasteiger partial charge < -0.3 is 9.67 Å². The van der Waals surface area contributed by atoms with Gasteiger partial charge in [0, 0.05) is 17.7 Å². The lowest BCUT2D eigenvalue weighted by atomic mass is 10.2. The SMILES string of the molecule is CCCc1nnc(SCC(=O)O)n1C1CCC(SC)C1. The molecule has 20 heavy (non-hydrogen) atoms. The highest BCUT2D eigenvalue weighted by Gasteiger charge is 2.29. The smallest absolute Gasteiger partial charge is 0.313 e. The van der Waals surface area contributed by atoms with Crippen LogP contribution in [0.15, 0.2) is 5.16 Å². The molecule has 0 saturated heterocycles. The largest absolute Gasteiger partial charge is 0.481 e. The molecule has 7 heteroatoms. The van der Waals surface area contributed by atoms with Crippen molar-refractivity contribution in [2.75, 3.05) is 12.0 Å². The molecule has 1 aromatic rings. The number of carbonyl (C=O) groups is 1. The quantitative estimate of drug-likeness (QED) is 0.780. The number of carboxylic acids is 1. The van der Waals surface area contributed by atoms with Crippen LogP contribution in [-0.2, 0) is 11.2 Å². The maximum Gasteiger partial charge on any atom is 0.313 e. The zero-order valence-electron chi connectivity index (χ0n) is 11.9. The maximum absolute atomic E-state index is 10.8. The first kappa shape index (κ1) is 15.7. The van der Waals surface area contributed by atoms with E-state index in [1.165, 1.54) is 18.2 Å². The number of aliphatic carboxylic acids is 1. The Hall–Kier alpha value is -0.690. The van der Waals surface area contributed by atoms with Crippen molar-refractivity contribution >= 4 is 29.5 Å². The number of hydrogen-bond acceptors (Lipinski definition) is 5. The molecule has 2 rings (SSSR count). The summed E-state index contributed by atoms with van der Waals surface area (Å²) in [7, 11) is 0. The molecular formula is C13H21N3O2S2. The molecule has 1 aliphatic carbocycles. The fourth-order valence-corrected chi connectivity index (χ4v) is 4.19. The van der Waals surface area contributed by atoms with Crippen LogP contribution in [0.4, 0.5) is 0 Å². The zero-order valence-corrected chi connectivity index (χ0v) is 13.5. The third-order valence-corrected chi connectivity index (χ3v) is 5.61. The van der Waals surface area contributed by atoms with Crippen LogP contribution in [0.1, 0.15) is 44.5 Å². The second kappa shape index (κ2) is 7.36. The molecule has 0 spiro atoms. The van der Waals surface area contributed by atoms with Gasteiger partial charge in [0.2, 0.25) is 0 Å². The molecule has 1 N–H and O–H groups in total. The van der Waals surface area contributed by atoms with E-state index in [2.05, 4.69) is 27.9 Å². The zero-order chi connectivity index (χ0) is 14.5. The van der Waals surface area contributed by atoms with Crippen molar-refractivity contribution in [1.82, 2.24) is 14.8 Å². The fraction of sp³-hybridized carbons (Fsp3) is 0.769. The maximum atomic E-state index is 10.8. The van der Waals surface area contributed by atoms with Crippen LogP contribution >= 0.6 is 23.5 Å². The summed E-state index contributed by atoms with van der Waals surface area (Å²) in [6, 6.07) is 0.431. The van der Waals surface area contributed by atoms with Crippen molar-refractivity contribution in [3.05, 3.63) is 5.82 Å². The fourth-order valence-electron chi connectivity index (χ4n) is 2.66. The Labute approximate surface area is 127 Å². The molecular weight excluding hydrogens is 294 g/mol. The van der Waals surface area contributed by atoms with E-state index in [1.54, 1.807) is 0 Å². The number of thioether (sulfide) groups is 2. The van der Waals surface area contributed by atoms with Gasteiger partial charge in [-0.25, -0.2) is 0 Å². The van der Waals surface area contributed by atoms with Crippen LogP contribution in [0.2, 0.25) is 0 Å². The monoisotopic (exact) mass is 315 g/mol. The van der Waals surface area contributed by atoms with Crippen LogP contribution in [0, 0.1) is 0 Å². The molecule has 5 nitrogen and oxygen atoms in total. The van der Waals surface area contributed by atoms with Gasteiger partial charge in [-0.05, 0) is 31.9 Å². The molecule has 2 unspecified atom stereocenters. The van der Waals surface area contributed by atoms with Crippen molar-refractivity contribution in [3.8, 4) is 0 Å². The highest BCUT2D eigenvalue weighted by atomic mass is 32.2. The molecule has 0 aromatic carbocycles. The van der Waals surface area contributed by atoms with E-state index < -0.39 is 5.97 Å². The van der Waals surface area contributed by atoms with E-state index in [0.717, 1.165) is 36.7 Å². The summed E-state index contributed by atoms with van der Waals surface area (Å²) in [6.07, 6.45) is 7.59. The molecule has 0 radical (unpaired) electrons. The van der Waals surface area contributed by atoms with Crippen molar-refractivity contribution in [2.24, 2.45) is 0 Å². The van der Waals surface area contributed by atoms with Crippen LogP contribution in [0.3, 0.4) is 0 Å². The summed E-state index contributed by atoms with van der Waals surface area (Å²) in [4.78, 5) is 10.8. The average molecular weight is 315 g/mol. The summed E-state index contributed by atoms with van der Waals surface area (Å²) >= 11 is 3.20. The van der Waals surface area contributed by atoms with E-state index >= 15 is 0 Å². The van der Waals surface area contributed by atoms with Gasteiger partial charge in [-0.15, -0.1) is 10.2 Å². The number of carboxylic acid groups (broad SMARTS) is 1. The third kappa shape index (κ3) is 3.69. The van der Waals surface area contributed by atoms with Crippen molar-refractivity contribution < 1.29 is 9.90 Å². The first-order valence-corrected chi connectivity index (χ1v) is 9.24. The molecule has 1 heterocycles. The van der Waals surface area contributed by atoms with Gasteiger partial charge in [0.25, 0.3) is 0 Å². The van der Waals surface area contributed by atoms with Gasteiger partial charge in [0.05, 0.1) is 5.75 Å². The Morgan fingerprint density at radius 1 is 1.45 bits per heavy atom. The number of nitrogens with zero attached hydrogens (tertiary/aromatic N) is 3.